The lowest BCUT2D eigenvalue weighted by molar-refractivity contribution is 0.0910. The monoisotopic (exact) mass is 326 g/mol. The standard InChI is InChI=1S/C19H22N2O3/c22-15-8-4-7-14(15)11-20-18(23)16-17(12-9-10-12)24-19(21-16)13-5-2-1-3-6-13/h1-3,5-6,12,14-15,22H,4,7-11H2,(H,20,23). The number of hydrogen-bond donors (Lipinski definition) is 2. The summed E-state index contributed by atoms with van der Waals surface area (Å²) in [7, 11) is 0. The number of nitrogens with one attached hydrogen (secondary N) is 1. The average Bonchev–Trinajstić information content (AvgIpc) is 3.22. The van der Waals surface area contributed by atoms with E-state index in [0.717, 1.165) is 37.7 Å². The number of benzene rings is 1. The Kier molecular flexibility index (Phi) is 4.10. The van der Waals surface area contributed by atoms with Crippen molar-refractivity contribution in [2.45, 2.75) is 44.1 Å². The lowest BCUT2D eigenvalue weighted by atomic mass is 10.1. The molecule has 2 N–H and O–H groups in total. The quantitative estimate of drug-likeness (QED) is 0.885. The van der Waals surface area contributed by atoms with Gasteiger partial charge in [0.25, 0.3) is 5.91 Å². The molecule has 126 valence electrons. The highest BCUT2D eigenvalue weighted by molar-refractivity contribution is 5.94. The molecular formula is C19H22N2O3. The van der Waals surface area contributed by atoms with Crippen LogP contribution in [0.3, 0.4) is 0 Å². The summed E-state index contributed by atoms with van der Waals surface area (Å²) in [5, 5.41) is 12.8. The number of aliphatic hydroxyl groups excluding tert-OH is 1. The first-order valence-electron chi connectivity index (χ1n) is 8.75. The molecule has 1 aromatic carbocycles. The van der Waals surface area contributed by atoms with Gasteiger partial charge >= 0.3 is 0 Å². The Labute approximate surface area is 141 Å². The van der Waals surface area contributed by atoms with Crippen LogP contribution in [0.4, 0.5) is 0 Å². The third kappa shape index (κ3) is 3.08. The van der Waals surface area contributed by atoms with Gasteiger partial charge in [-0.3, -0.25) is 4.79 Å². The number of aromatic nitrogens is 1. The van der Waals surface area contributed by atoms with Crippen LogP contribution in [-0.4, -0.2) is 28.6 Å². The SMILES string of the molecule is O=C(NCC1CCCC1O)c1nc(-c2ccccc2)oc1C1CC1. The van der Waals surface area contributed by atoms with E-state index in [2.05, 4.69) is 10.3 Å². The Bertz CT molecular complexity index is 721. The summed E-state index contributed by atoms with van der Waals surface area (Å²) in [6, 6.07) is 9.65. The van der Waals surface area contributed by atoms with Gasteiger partial charge in [0, 0.05) is 23.9 Å². The van der Waals surface area contributed by atoms with Gasteiger partial charge < -0.3 is 14.8 Å². The lowest BCUT2D eigenvalue weighted by Gasteiger charge is -2.14. The molecule has 4 rings (SSSR count). The van der Waals surface area contributed by atoms with E-state index in [1.54, 1.807) is 0 Å². The Hall–Kier alpha value is -2.14. The number of carbonyl (C=O) groups excluding carboxylic acids is 1. The fraction of sp³-hybridized carbons (Fsp3) is 0.474. The van der Waals surface area contributed by atoms with Crippen LogP contribution in [0.1, 0.15) is 54.3 Å². The van der Waals surface area contributed by atoms with Crippen molar-refractivity contribution >= 4 is 5.91 Å². The molecule has 2 saturated carbocycles. The zero-order valence-corrected chi connectivity index (χ0v) is 13.6. The van der Waals surface area contributed by atoms with Crippen molar-refractivity contribution in [2.75, 3.05) is 6.54 Å². The Morgan fingerprint density at radius 3 is 2.67 bits per heavy atom. The number of oxazole rings is 1. The first-order valence-corrected chi connectivity index (χ1v) is 8.75. The third-order valence-corrected chi connectivity index (χ3v) is 4.98. The molecule has 2 unspecified atom stereocenters. The zero-order valence-electron chi connectivity index (χ0n) is 13.6. The van der Waals surface area contributed by atoms with Crippen molar-refractivity contribution in [1.29, 1.82) is 0 Å². The molecule has 24 heavy (non-hydrogen) atoms. The summed E-state index contributed by atoms with van der Waals surface area (Å²) < 4.78 is 5.92. The highest BCUT2D eigenvalue weighted by atomic mass is 16.4. The van der Waals surface area contributed by atoms with E-state index >= 15 is 0 Å². The van der Waals surface area contributed by atoms with Gasteiger partial charge in [-0.15, -0.1) is 0 Å². The van der Waals surface area contributed by atoms with Gasteiger partial charge in [-0.1, -0.05) is 24.6 Å². The van der Waals surface area contributed by atoms with E-state index in [4.69, 9.17) is 4.42 Å². The molecule has 0 aliphatic heterocycles. The summed E-state index contributed by atoms with van der Waals surface area (Å²) in [6.45, 7) is 0.498. The van der Waals surface area contributed by atoms with Crippen LogP contribution < -0.4 is 5.32 Å². The maximum absolute atomic E-state index is 12.6. The molecule has 2 atom stereocenters. The normalized spacial score (nSPS) is 23.4. The molecule has 1 aromatic heterocycles. The molecule has 2 fully saturated rings. The number of nitrogens with zero attached hydrogens (tertiary/aromatic N) is 1. The minimum Gasteiger partial charge on any atom is -0.440 e. The predicted octanol–water partition coefficient (Wildman–Crippen LogP) is 3.11. The van der Waals surface area contributed by atoms with Crippen molar-refractivity contribution < 1.29 is 14.3 Å². The van der Waals surface area contributed by atoms with E-state index in [-0.39, 0.29) is 17.9 Å². The Morgan fingerprint density at radius 2 is 2.00 bits per heavy atom. The molecular weight excluding hydrogens is 304 g/mol. The third-order valence-electron chi connectivity index (χ3n) is 4.98. The molecule has 2 aliphatic rings. The fourth-order valence-electron chi connectivity index (χ4n) is 3.38. The van der Waals surface area contributed by atoms with Gasteiger partial charge in [-0.25, -0.2) is 4.98 Å². The summed E-state index contributed by atoms with van der Waals surface area (Å²) in [6.07, 6.45) is 4.61. The van der Waals surface area contributed by atoms with Crippen LogP contribution in [0.15, 0.2) is 34.7 Å². The molecule has 5 heteroatoms. The highest BCUT2D eigenvalue weighted by Gasteiger charge is 2.34. The second kappa shape index (κ2) is 6.40. The molecule has 2 aliphatic carbocycles. The number of amides is 1. The highest BCUT2D eigenvalue weighted by Crippen LogP contribution is 2.43. The number of hydrogen-bond acceptors (Lipinski definition) is 4. The van der Waals surface area contributed by atoms with Gasteiger partial charge in [-0.05, 0) is 37.8 Å². The summed E-state index contributed by atoms with van der Waals surface area (Å²) in [4.78, 5) is 17.1. The number of rotatable bonds is 5. The van der Waals surface area contributed by atoms with E-state index in [1.165, 1.54) is 0 Å². The van der Waals surface area contributed by atoms with Crippen LogP contribution in [0.5, 0.6) is 0 Å². The first kappa shape index (κ1) is 15.4. The van der Waals surface area contributed by atoms with Crippen molar-refractivity contribution in [3.8, 4) is 11.5 Å². The zero-order chi connectivity index (χ0) is 16.5. The Morgan fingerprint density at radius 1 is 1.21 bits per heavy atom. The second-order valence-corrected chi connectivity index (χ2v) is 6.84. The van der Waals surface area contributed by atoms with Gasteiger partial charge in [0.2, 0.25) is 5.89 Å². The average molecular weight is 326 g/mol. The molecule has 0 bridgehead atoms. The molecule has 0 radical (unpaired) electrons. The second-order valence-electron chi connectivity index (χ2n) is 6.84. The van der Waals surface area contributed by atoms with Gasteiger partial charge in [-0.2, -0.15) is 0 Å². The summed E-state index contributed by atoms with van der Waals surface area (Å²) >= 11 is 0. The maximum atomic E-state index is 12.6. The predicted molar refractivity (Wildman–Crippen MR) is 89.6 cm³/mol. The van der Waals surface area contributed by atoms with Crippen LogP contribution in [-0.2, 0) is 0 Å². The molecule has 5 nitrogen and oxygen atoms in total. The van der Waals surface area contributed by atoms with Gasteiger partial charge in [0.15, 0.2) is 5.69 Å². The maximum Gasteiger partial charge on any atom is 0.273 e. The molecule has 0 spiro atoms. The van der Waals surface area contributed by atoms with Gasteiger partial charge in [0.1, 0.15) is 5.76 Å². The van der Waals surface area contributed by atoms with E-state index in [1.807, 2.05) is 30.3 Å². The topological polar surface area (TPSA) is 75.4 Å². The van der Waals surface area contributed by atoms with E-state index in [9.17, 15) is 9.90 Å². The van der Waals surface area contributed by atoms with Crippen molar-refractivity contribution in [3.05, 3.63) is 41.8 Å². The first-order chi connectivity index (χ1) is 11.7. The smallest absolute Gasteiger partial charge is 0.273 e. The summed E-state index contributed by atoms with van der Waals surface area (Å²) in [5.41, 5.74) is 1.29. The fourth-order valence-corrected chi connectivity index (χ4v) is 3.38. The van der Waals surface area contributed by atoms with Crippen LogP contribution in [0.2, 0.25) is 0 Å². The molecule has 2 aromatic rings. The van der Waals surface area contributed by atoms with E-state index < -0.39 is 0 Å². The molecule has 1 heterocycles. The Balaban J connectivity index is 1.53. The van der Waals surface area contributed by atoms with E-state index in [0.29, 0.717) is 29.8 Å². The minimum absolute atomic E-state index is 0.152. The van der Waals surface area contributed by atoms with Crippen LogP contribution in [0, 0.1) is 5.92 Å². The van der Waals surface area contributed by atoms with Crippen LogP contribution in [0.25, 0.3) is 11.5 Å². The largest absolute Gasteiger partial charge is 0.440 e. The van der Waals surface area contributed by atoms with Gasteiger partial charge in [0.05, 0.1) is 6.10 Å². The minimum atomic E-state index is -0.301. The van der Waals surface area contributed by atoms with Crippen molar-refractivity contribution in [2.24, 2.45) is 5.92 Å². The van der Waals surface area contributed by atoms with Crippen LogP contribution >= 0.6 is 0 Å². The van der Waals surface area contributed by atoms with Crippen molar-refractivity contribution in [3.63, 3.8) is 0 Å². The lowest BCUT2D eigenvalue weighted by Crippen LogP contribution is -2.33. The number of aliphatic hydroxyl groups is 1. The number of carbonyl (C=O) groups is 1. The molecule has 0 saturated heterocycles. The molecule has 1 amide bonds. The summed E-state index contributed by atoms with van der Waals surface area (Å²) in [5.74, 6) is 1.48. The van der Waals surface area contributed by atoms with Crippen molar-refractivity contribution in [1.82, 2.24) is 10.3 Å².